The number of nitrogens with one attached hydrogen (secondary N) is 1. The van der Waals surface area contributed by atoms with Crippen LogP contribution in [0.3, 0.4) is 0 Å². The molecule has 0 aliphatic rings. The van der Waals surface area contributed by atoms with Crippen LogP contribution in [0, 0.1) is 0 Å². The van der Waals surface area contributed by atoms with Gasteiger partial charge < -0.3 is 20.1 Å². The standard InChI is InChI=1S/C12H13F3N2O4/c1-17(6-12(13,14)15)11(20)16-8-5-7(10(18)19)3-4-9(8)21-2/h3-5H,6H2,1-2H3,(H,16,20)(H,18,19). The Hall–Kier alpha value is -2.45. The van der Waals surface area contributed by atoms with E-state index in [2.05, 4.69) is 5.32 Å². The lowest BCUT2D eigenvalue weighted by Gasteiger charge is -2.20. The average molecular weight is 306 g/mol. The maximum Gasteiger partial charge on any atom is 0.406 e. The number of nitrogens with zero attached hydrogens (tertiary/aromatic N) is 1. The number of carbonyl (C=O) groups excluding carboxylic acids is 1. The molecule has 1 rings (SSSR count). The third-order valence-corrected chi connectivity index (χ3v) is 2.45. The zero-order valence-corrected chi connectivity index (χ0v) is 11.2. The first kappa shape index (κ1) is 16.6. The number of benzene rings is 1. The van der Waals surface area contributed by atoms with E-state index in [4.69, 9.17) is 9.84 Å². The highest BCUT2D eigenvalue weighted by molar-refractivity contribution is 5.94. The van der Waals surface area contributed by atoms with Crippen LogP contribution in [0.1, 0.15) is 10.4 Å². The number of aromatic carboxylic acids is 1. The van der Waals surface area contributed by atoms with Crippen molar-refractivity contribution in [2.45, 2.75) is 6.18 Å². The van der Waals surface area contributed by atoms with E-state index in [1.165, 1.54) is 19.2 Å². The minimum absolute atomic E-state index is 0.0311. The molecule has 2 amide bonds. The van der Waals surface area contributed by atoms with E-state index in [1.807, 2.05) is 0 Å². The van der Waals surface area contributed by atoms with Crippen molar-refractivity contribution in [1.29, 1.82) is 0 Å². The molecule has 116 valence electrons. The smallest absolute Gasteiger partial charge is 0.406 e. The quantitative estimate of drug-likeness (QED) is 0.895. The number of hydrogen-bond acceptors (Lipinski definition) is 3. The Morgan fingerprint density at radius 1 is 1.38 bits per heavy atom. The number of amides is 2. The van der Waals surface area contributed by atoms with Gasteiger partial charge in [-0.3, -0.25) is 0 Å². The van der Waals surface area contributed by atoms with Crippen molar-refractivity contribution in [2.75, 3.05) is 26.0 Å². The largest absolute Gasteiger partial charge is 0.495 e. The summed E-state index contributed by atoms with van der Waals surface area (Å²) in [5.41, 5.74) is -0.166. The predicted molar refractivity (Wildman–Crippen MR) is 67.7 cm³/mol. The highest BCUT2D eigenvalue weighted by atomic mass is 19.4. The molecule has 0 saturated carbocycles. The third kappa shape index (κ3) is 4.86. The summed E-state index contributed by atoms with van der Waals surface area (Å²) < 4.78 is 41.5. The van der Waals surface area contributed by atoms with Crippen molar-refractivity contribution in [2.24, 2.45) is 0 Å². The van der Waals surface area contributed by atoms with Crippen LogP contribution in [-0.4, -0.2) is 48.9 Å². The van der Waals surface area contributed by atoms with Gasteiger partial charge >= 0.3 is 18.2 Å². The Kier molecular flexibility index (Phi) is 5.01. The molecule has 9 heteroatoms. The van der Waals surface area contributed by atoms with E-state index in [9.17, 15) is 22.8 Å². The highest BCUT2D eigenvalue weighted by Crippen LogP contribution is 2.26. The van der Waals surface area contributed by atoms with Crippen LogP contribution in [0.4, 0.5) is 23.7 Å². The van der Waals surface area contributed by atoms with Crippen LogP contribution < -0.4 is 10.1 Å². The summed E-state index contributed by atoms with van der Waals surface area (Å²) in [5.74, 6) is -1.11. The van der Waals surface area contributed by atoms with Gasteiger partial charge in [-0.2, -0.15) is 13.2 Å². The second-order valence-electron chi connectivity index (χ2n) is 4.12. The minimum Gasteiger partial charge on any atom is -0.495 e. The lowest BCUT2D eigenvalue weighted by Crippen LogP contribution is -2.38. The van der Waals surface area contributed by atoms with Crippen molar-refractivity contribution in [3.05, 3.63) is 23.8 Å². The molecule has 0 heterocycles. The van der Waals surface area contributed by atoms with Gasteiger partial charge in [0.05, 0.1) is 18.4 Å². The SMILES string of the molecule is COc1ccc(C(=O)O)cc1NC(=O)N(C)CC(F)(F)F. The Balaban J connectivity index is 2.93. The number of halogens is 3. The van der Waals surface area contributed by atoms with E-state index in [1.54, 1.807) is 0 Å². The molecule has 0 aliphatic heterocycles. The Bertz CT molecular complexity index is 546. The average Bonchev–Trinajstić information content (AvgIpc) is 2.36. The van der Waals surface area contributed by atoms with E-state index >= 15 is 0 Å². The Morgan fingerprint density at radius 3 is 2.48 bits per heavy atom. The summed E-state index contributed by atoms with van der Waals surface area (Å²) in [7, 11) is 2.25. The summed E-state index contributed by atoms with van der Waals surface area (Å²) in [6.07, 6.45) is -4.53. The first-order valence-electron chi connectivity index (χ1n) is 5.64. The number of hydrogen-bond donors (Lipinski definition) is 2. The fourth-order valence-electron chi connectivity index (χ4n) is 1.49. The molecule has 0 spiro atoms. The molecule has 0 bridgehead atoms. The fourth-order valence-corrected chi connectivity index (χ4v) is 1.49. The van der Waals surface area contributed by atoms with Crippen molar-refractivity contribution >= 4 is 17.7 Å². The van der Waals surface area contributed by atoms with Crippen LogP contribution in [0.2, 0.25) is 0 Å². The maximum atomic E-state index is 12.2. The molecule has 0 aromatic heterocycles. The van der Waals surface area contributed by atoms with Gasteiger partial charge in [-0.25, -0.2) is 9.59 Å². The van der Waals surface area contributed by atoms with Gasteiger partial charge in [0.15, 0.2) is 0 Å². The second-order valence-corrected chi connectivity index (χ2v) is 4.12. The summed E-state index contributed by atoms with van der Waals surface area (Å²) in [6, 6.07) is 2.60. The van der Waals surface area contributed by atoms with Gasteiger partial charge in [-0.15, -0.1) is 0 Å². The molecule has 0 unspecified atom stereocenters. The third-order valence-electron chi connectivity index (χ3n) is 2.45. The normalized spacial score (nSPS) is 10.9. The Morgan fingerprint density at radius 2 is 2.00 bits per heavy atom. The summed E-state index contributed by atoms with van der Waals surface area (Å²) >= 11 is 0. The lowest BCUT2D eigenvalue weighted by atomic mass is 10.2. The summed E-state index contributed by atoms with van der Waals surface area (Å²) in [4.78, 5) is 22.9. The maximum absolute atomic E-state index is 12.2. The van der Waals surface area contributed by atoms with Gasteiger partial charge in [0, 0.05) is 7.05 Å². The lowest BCUT2D eigenvalue weighted by molar-refractivity contribution is -0.137. The molecule has 0 aliphatic carbocycles. The second kappa shape index (κ2) is 6.33. The molecule has 1 aromatic rings. The molecule has 1 aromatic carbocycles. The highest BCUT2D eigenvalue weighted by Gasteiger charge is 2.31. The zero-order chi connectivity index (χ0) is 16.2. The molecule has 2 N–H and O–H groups in total. The van der Waals surface area contributed by atoms with Crippen molar-refractivity contribution in [3.8, 4) is 5.75 Å². The first-order chi connectivity index (χ1) is 9.64. The molecule has 6 nitrogen and oxygen atoms in total. The number of anilines is 1. The van der Waals surface area contributed by atoms with E-state index in [0.717, 1.165) is 13.1 Å². The van der Waals surface area contributed by atoms with Gasteiger partial charge in [0.2, 0.25) is 0 Å². The fraction of sp³-hybridized carbons (Fsp3) is 0.333. The van der Waals surface area contributed by atoms with E-state index in [-0.39, 0.29) is 17.0 Å². The molecule has 0 atom stereocenters. The van der Waals surface area contributed by atoms with Gasteiger partial charge in [-0.05, 0) is 18.2 Å². The Labute approximate surface area is 118 Å². The van der Waals surface area contributed by atoms with Crippen LogP contribution >= 0.6 is 0 Å². The first-order valence-corrected chi connectivity index (χ1v) is 5.64. The van der Waals surface area contributed by atoms with Crippen molar-refractivity contribution in [3.63, 3.8) is 0 Å². The number of ether oxygens (including phenoxy) is 1. The van der Waals surface area contributed by atoms with Crippen molar-refractivity contribution in [1.82, 2.24) is 4.90 Å². The molecular weight excluding hydrogens is 293 g/mol. The van der Waals surface area contributed by atoms with E-state index < -0.39 is 24.7 Å². The van der Waals surface area contributed by atoms with E-state index in [0.29, 0.717) is 4.90 Å². The summed E-state index contributed by atoms with van der Waals surface area (Å²) in [5, 5.41) is 11.0. The number of methoxy groups -OCH3 is 1. The monoisotopic (exact) mass is 306 g/mol. The van der Waals surface area contributed by atoms with Crippen LogP contribution in [0.25, 0.3) is 0 Å². The predicted octanol–water partition coefficient (Wildman–Crippen LogP) is 2.42. The molecular formula is C12H13F3N2O4. The number of alkyl halides is 3. The van der Waals surface area contributed by atoms with Crippen LogP contribution in [0.5, 0.6) is 5.75 Å². The number of urea groups is 1. The van der Waals surface area contributed by atoms with Gasteiger partial charge in [-0.1, -0.05) is 0 Å². The zero-order valence-electron chi connectivity index (χ0n) is 11.2. The summed E-state index contributed by atoms with van der Waals surface area (Å²) in [6.45, 7) is -1.43. The van der Waals surface area contributed by atoms with Crippen molar-refractivity contribution < 1.29 is 32.6 Å². The van der Waals surface area contributed by atoms with Gasteiger partial charge in [0.1, 0.15) is 12.3 Å². The number of rotatable bonds is 4. The number of carbonyl (C=O) groups is 2. The minimum atomic E-state index is -4.53. The van der Waals surface area contributed by atoms with Crippen LogP contribution in [0.15, 0.2) is 18.2 Å². The molecule has 0 radical (unpaired) electrons. The molecule has 0 saturated heterocycles. The molecule has 0 fully saturated rings. The molecule has 21 heavy (non-hydrogen) atoms. The van der Waals surface area contributed by atoms with Crippen LogP contribution in [-0.2, 0) is 0 Å². The van der Waals surface area contributed by atoms with Gasteiger partial charge in [0.25, 0.3) is 0 Å². The number of carboxylic acid groups (broad SMARTS) is 1. The topological polar surface area (TPSA) is 78.9 Å². The number of carboxylic acids is 1.